The number of nitrogens with two attached hydrogens (primary N) is 1. The van der Waals surface area contributed by atoms with E-state index in [-0.39, 0.29) is 5.95 Å². The third-order valence-electron chi connectivity index (χ3n) is 3.33. The molecule has 3 rings (SSSR count). The van der Waals surface area contributed by atoms with Gasteiger partial charge in [-0.1, -0.05) is 0 Å². The van der Waals surface area contributed by atoms with E-state index in [1.54, 1.807) is 6.33 Å². The molecule has 2 aromatic heterocycles. The Morgan fingerprint density at radius 1 is 1.44 bits per heavy atom. The quantitative estimate of drug-likeness (QED) is 0.855. The van der Waals surface area contributed by atoms with Crippen LogP contribution in [0.2, 0.25) is 0 Å². The van der Waals surface area contributed by atoms with Gasteiger partial charge >= 0.3 is 0 Å². The van der Waals surface area contributed by atoms with E-state index in [9.17, 15) is 0 Å². The number of nitrogens with zero attached hydrogens (tertiary/aromatic N) is 4. The molecular weight excluding hydrogens is 228 g/mol. The second-order valence-corrected chi connectivity index (χ2v) is 5.20. The number of fused-ring (bicyclic) bond motifs is 1. The van der Waals surface area contributed by atoms with E-state index in [0.717, 1.165) is 23.8 Å². The molecule has 3 N–H and O–H groups in total. The fourth-order valence-corrected chi connectivity index (χ4v) is 2.16. The Balaban J connectivity index is 2.05. The first-order valence-electron chi connectivity index (χ1n) is 6.38. The first kappa shape index (κ1) is 11.3. The van der Waals surface area contributed by atoms with Crippen molar-refractivity contribution in [3.63, 3.8) is 0 Å². The van der Waals surface area contributed by atoms with E-state index in [2.05, 4.69) is 38.7 Å². The minimum Gasteiger partial charge on any atom is -0.368 e. The van der Waals surface area contributed by atoms with Crippen molar-refractivity contribution < 1.29 is 0 Å². The van der Waals surface area contributed by atoms with Crippen LogP contribution < -0.4 is 10.6 Å². The van der Waals surface area contributed by atoms with Crippen molar-refractivity contribution in [3.05, 3.63) is 6.33 Å². The molecular formula is C12H18N6. The minimum atomic E-state index is 0.283. The van der Waals surface area contributed by atoms with Gasteiger partial charge in [-0.25, -0.2) is 4.98 Å². The lowest BCUT2D eigenvalue weighted by atomic mass is 10.2. The fraction of sp³-hybridized carbons (Fsp3) is 0.583. The van der Waals surface area contributed by atoms with Crippen LogP contribution in [-0.2, 0) is 0 Å². The molecule has 0 bridgehead atoms. The number of hydrogen-bond donors (Lipinski definition) is 2. The second-order valence-electron chi connectivity index (χ2n) is 5.20. The van der Waals surface area contributed by atoms with Gasteiger partial charge in [0, 0.05) is 12.6 Å². The predicted octanol–water partition coefficient (Wildman–Crippen LogP) is 1.56. The Hall–Kier alpha value is -1.85. The number of aromatic nitrogens is 4. The van der Waals surface area contributed by atoms with E-state index in [4.69, 9.17) is 5.73 Å². The van der Waals surface area contributed by atoms with E-state index in [1.807, 2.05) is 0 Å². The first-order chi connectivity index (χ1) is 8.65. The van der Waals surface area contributed by atoms with Gasteiger partial charge in [0.15, 0.2) is 11.5 Å². The van der Waals surface area contributed by atoms with E-state index in [1.165, 1.54) is 12.8 Å². The lowest BCUT2D eigenvalue weighted by molar-refractivity contribution is 0.638. The number of hydrogen-bond acceptors (Lipinski definition) is 5. The van der Waals surface area contributed by atoms with Crippen molar-refractivity contribution in [1.29, 1.82) is 0 Å². The summed E-state index contributed by atoms with van der Waals surface area (Å²) in [4.78, 5) is 18.1. The summed E-state index contributed by atoms with van der Waals surface area (Å²) in [5.74, 6) is 1.95. The highest BCUT2D eigenvalue weighted by atomic mass is 15.2. The van der Waals surface area contributed by atoms with Gasteiger partial charge in [-0.3, -0.25) is 0 Å². The van der Waals surface area contributed by atoms with Crippen molar-refractivity contribution in [2.24, 2.45) is 5.92 Å². The molecule has 0 atom stereocenters. The topological polar surface area (TPSA) is 83.7 Å². The zero-order valence-electron chi connectivity index (χ0n) is 10.7. The van der Waals surface area contributed by atoms with Gasteiger partial charge in [0.2, 0.25) is 5.95 Å². The molecule has 0 radical (unpaired) electrons. The summed E-state index contributed by atoms with van der Waals surface area (Å²) in [6.45, 7) is 5.37. The second kappa shape index (κ2) is 4.12. The van der Waals surface area contributed by atoms with Gasteiger partial charge in [0.1, 0.15) is 5.52 Å². The average Bonchev–Trinajstić information content (AvgIpc) is 3.01. The largest absolute Gasteiger partial charge is 0.368 e. The number of H-pyrrole nitrogens is 1. The van der Waals surface area contributed by atoms with Crippen LogP contribution >= 0.6 is 0 Å². The lowest BCUT2D eigenvalue weighted by Gasteiger charge is -2.28. The van der Waals surface area contributed by atoms with Crippen molar-refractivity contribution in [2.75, 3.05) is 17.2 Å². The van der Waals surface area contributed by atoms with Gasteiger partial charge in [-0.05, 0) is 32.6 Å². The standard InChI is InChI=1S/C12H18N6/c1-7(2)18(5-8-3-4-8)11-9-10(15-6-14-9)16-12(13)17-11/h6-8H,3-5H2,1-2H3,(H3,13,14,15,16,17). The Morgan fingerprint density at radius 3 is 2.89 bits per heavy atom. The van der Waals surface area contributed by atoms with Gasteiger partial charge in [0.25, 0.3) is 0 Å². The minimum absolute atomic E-state index is 0.283. The number of imidazole rings is 1. The van der Waals surface area contributed by atoms with Crippen LogP contribution in [0.5, 0.6) is 0 Å². The number of rotatable bonds is 4. The van der Waals surface area contributed by atoms with E-state index >= 15 is 0 Å². The Morgan fingerprint density at radius 2 is 2.22 bits per heavy atom. The highest BCUT2D eigenvalue weighted by molar-refractivity contribution is 5.84. The molecule has 2 heterocycles. The van der Waals surface area contributed by atoms with Crippen LogP contribution in [0.25, 0.3) is 11.2 Å². The van der Waals surface area contributed by atoms with Crippen LogP contribution in [0.15, 0.2) is 6.33 Å². The molecule has 2 aromatic rings. The van der Waals surface area contributed by atoms with Gasteiger partial charge in [-0.15, -0.1) is 0 Å². The molecule has 0 amide bonds. The number of anilines is 2. The highest BCUT2D eigenvalue weighted by Crippen LogP contribution is 2.33. The van der Waals surface area contributed by atoms with Crippen molar-refractivity contribution in [1.82, 2.24) is 19.9 Å². The molecule has 0 aliphatic heterocycles. The monoisotopic (exact) mass is 246 g/mol. The van der Waals surface area contributed by atoms with Gasteiger partial charge < -0.3 is 15.6 Å². The maximum Gasteiger partial charge on any atom is 0.224 e. The molecule has 1 fully saturated rings. The molecule has 0 unspecified atom stereocenters. The number of aromatic amines is 1. The van der Waals surface area contributed by atoms with Crippen molar-refractivity contribution in [3.8, 4) is 0 Å². The molecule has 1 saturated carbocycles. The van der Waals surface area contributed by atoms with Crippen molar-refractivity contribution in [2.45, 2.75) is 32.7 Å². The average molecular weight is 246 g/mol. The summed E-state index contributed by atoms with van der Waals surface area (Å²) >= 11 is 0. The van der Waals surface area contributed by atoms with Gasteiger partial charge in [0.05, 0.1) is 6.33 Å². The Kier molecular flexibility index (Phi) is 2.57. The molecule has 0 aromatic carbocycles. The third-order valence-corrected chi connectivity index (χ3v) is 3.33. The summed E-state index contributed by atoms with van der Waals surface area (Å²) in [7, 11) is 0. The van der Waals surface area contributed by atoms with Crippen LogP contribution in [0.1, 0.15) is 26.7 Å². The molecule has 6 nitrogen and oxygen atoms in total. The highest BCUT2D eigenvalue weighted by Gasteiger charge is 2.27. The zero-order valence-corrected chi connectivity index (χ0v) is 10.7. The molecule has 1 aliphatic rings. The molecule has 18 heavy (non-hydrogen) atoms. The summed E-state index contributed by atoms with van der Waals surface area (Å²) in [6, 6.07) is 0.381. The van der Waals surface area contributed by atoms with Crippen LogP contribution in [-0.4, -0.2) is 32.5 Å². The third kappa shape index (κ3) is 1.98. The van der Waals surface area contributed by atoms with Crippen LogP contribution in [0.3, 0.4) is 0 Å². The SMILES string of the molecule is CC(C)N(CC1CC1)c1nc(N)nc2nc[nH]c12. The Bertz CT molecular complexity index is 557. The zero-order chi connectivity index (χ0) is 12.7. The summed E-state index contributed by atoms with van der Waals surface area (Å²) < 4.78 is 0. The van der Waals surface area contributed by atoms with E-state index in [0.29, 0.717) is 11.7 Å². The maximum atomic E-state index is 5.77. The predicted molar refractivity (Wildman–Crippen MR) is 71.3 cm³/mol. The van der Waals surface area contributed by atoms with Crippen LogP contribution in [0.4, 0.5) is 11.8 Å². The molecule has 1 aliphatic carbocycles. The smallest absolute Gasteiger partial charge is 0.224 e. The molecule has 96 valence electrons. The molecule has 0 spiro atoms. The van der Waals surface area contributed by atoms with Crippen molar-refractivity contribution >= 4 is 22.9 Å². The Labute approximate surface area is 106 Å². The number of nitrogen functional groups attached to an aromatic ring is 1. The maximum absolute atomic E-state index is 5.77. The van der Waals surface area contributed by atoms with Gasteiger partial charge in [-0.2, -0.15) is 9.97 Å². The molecule has 0 saturated heterocycles. The lowest BCUT2D eigenvalue weighted by Crippen LogP contribution is -2.34. The first-order valence-corrected chi connectivity index (χ1v) is 6.38. The number of nitrogens with one attached hydrogen (secondary N) is 1. The normalized spacial score (nSPS) is 15.5. The fourth-order valence-electron chi connectivity index (χ4n) is 2.16. The van der Waals surface area contributed by atoms with E-state index < -0.39 is 0 Å². The van der Waals surface area contributed by atoms with Crippen LogP contribution in [0, 0.1) is 5.92 Å². The summed E-state index contributed by atoms with van der Waals surface area (Å²) in [6.07, 6.45) is 4.27. The summed E-state index contributed by atoms with van der Waals surface area (Å²) in [5, 5.41) is 0. The molecule has 6 heteroatoms. The summed E-state index contributed by atoms with van der Waals surface area (Å²) in [5.41, 5.74) is 7.28.